The normalized spacial score (nSPS) is 10.3. The Kier molecular flexibility index (Phi) is 4.16. The molecule has 3 heteroatoms. The van der Waals surface area contributed by atoms with E-state index in [-0.39, 0.29) is 0 Å². The minimum Gasteiger partial charge on any atom is -0.367 e. The van der Waals surface area contributed by atoms with Gasteiger partial charge in [0.05, 0.1) is 0 Å². The summed E-state index contributed by atoms with van der Waals surface area (Å²) in [7, 11) is 0. The van der Waals surface area contributed by atoms with Gasteiger partial charge < -0.3 is 10.3 Å². The third-order valence-electron chi connectivity index (χ3n) is 1.50. The fourth-order valence-electron chi connectivity index (χ4n) is 0.905. The van der Waals surface area contributed by atoms with Crippen molar-refractivity contribution in [3.63, 3.8) is 0 Å². The second kappa shape index (κ2) is 5.27. The van der Waals surface area contributed by atoms with Crippen molar-refractivity contribution in [2.24, 2.45) is 0 Å². The summed E-state index contributed by atoms with van der Waals surface area (Å²) < 4.78 is 0. The lowest BCUT2D eigenvalue weighted by molar-refractivity contribution is 0.680. The van der Waals surface area contributed by atoms with Gasteiger partial charge in [0.1, 0.15) is 0 Å². The van der Waals surface area contributed by atoms with Crippen LogP contribution in [-0.2, 0) is 6.54 Å². The Balaban J connectivity index is 2.04. The molecule has 62 valence electrons. The molecule has 0 aliphatic rings. The number of thiol groups is 1. The number of hydrogen-bond donors (Lipinski definition) is 3. The first-order chi connectivity index (χ1) is 5.43. The van der Waals surface area contributed by atoms with Crippen molar-refractivity contribution in [1.82, 2.24) is 10.3 Å². The van der Waals surface area contributed by atoms with Crippen LogP contribution in [0.15, 0.2) is 18.5 Å². The Morgan fingerprint density at radius 3 is 3.09 bits per heavy atom. The molecule has 1 aromatic heterocycles. The average molecular weight is 170 g/mol. The fourth-order valence-corrected chi connectivity index (χ4v) is 1.06. The van der Waals surface area contributed by atoms with E-state index in [0.717, 1.165) is 25.3 Å². The quantitative estimate of drug-likeness (QED) is 0.452. The summed E-state index contributed by atoms with van der Waals surface area (Å²) in [5.41, 5.74) is 1.31. The highest BCUT2D eigenvalue weighted by Crippen LogP contribution is 1.94. The predicted octanol–water partition coefficient (Wildman–Crippen LogP) is 1.42. The van der Waals surface area contributed by atoms with Crippen molar-refractivity contribution in [2.45, 2.75) is 13.0 Å². The summed E-state index contributed by atoms with van der Waals surface area (Å²) >= 11 is 4.12. The molecule has 0 aromatic carbocycles. The average Bonchev–Trinajstić information content (AvgIpc) is 2.50. The van der Waals surface area contributed by atoms with Gasteiger partial charge in [-0.1, -0.05) is 0 Å². The van der Waals surface area contributed by atoms with E-state index in [1.54, 1.807) is 0 Å². The van der Waals surface area contributed by atoms with Gasteiger partial charge in [-0.15, -0.1) is 0 Å². The molecule has 0 saturated carbocycles. The van der Waals surface area contributed by atoms with E-state index in [4.69, 9.17) is 0 Å². The molecule has 1 aromatic rings. The van der Waals surface area contributed by atoms with Crippen LogP contribution in [0.3, 0.4) is 0 Å². The summed E-state index contributed by atoms with van der Waals surface area (Å²) in [5, 5.41) is 3.32. The second-order valence-electron chi connectivity index (χ2n) is 2.47. The summed E-state index contributed by atoms with van der Waals surface area (Å²) in [6, 6.07) is 2.08. The monoisotopic (exact) mass is 170 g/mol. The second-order valence-corrected chi connectivity index (χ2v) is 2.92. The van der Waals surface area contributed by atoms with Crippen molar-refractivity contribution in [3.8, 4) is 0 Å². The van der Waals surface area contributed by atoms with Gasteiger partial charge in [-0.25, -0.2) is 0 Å². The highest BCUT2D eigenvalue weighted by molar-refractivity contribution is 7.80. The molecule has 2 nitrogen and oxygen atoms in total. The molecule has 0 spiro atoms. The SMILES string of the molecule is SCCCNCc1cc[nH]c1. The van der Waals surface area contributed by atoms with Crippen molar-refractivity contribution < 1.29 is 0 Å². The van der Waals surface area contributed by atoms with E-state index < -0.39 is 0 Å². The molecular formula is C8H14N2S. The Morgan fingerprint density at radius 1 is 1.55 bits per heavy atom. The molecule has 0 radical (unpaired) electrons. The van der Waals surface area contributed by atoms with E-state index in [2.05, 4.69) is 29.0 Å². The van der Waals surface area contributed by atoms with Crippen molar-refractivity contribution in [1.29, 1.82) is 0 Å². The van der Waals surface area contributed by atoms with Crippen LogP contribution in [0.1, 0.15) is 12.0 Å². The van der Waals surface area contributed by atoms with Gasteiger partial charge in [0.15, 0.2) is 0 Å². The largest absolute Gasteiger partial charge is 0.367 e. The lowest BCUT2D eigenvalue weighted by atomic mass is 10.3. The molecule has 11 heavy (non-hydrogen) atoms. The van der Waals surface area contributed by atoms with Gasteiger partial charge in [0.25, 0.3) is 0 Å². The standard InChI is InChI=1S/C8H14N2S/c11-5-1-3-9-6-8-2-4-10-7-8/h2,4,7,9-11H,1,3,5-6H2. The number of nitrogens with one attached hydrogen (secondary N) is 2. The topological polar surface area (TPSA) is 27.8 Å². The van der Waals surface area contributed by atoms with Crippen molar-refractivity contribution in [3.05, 3.63) is 24.0 Å². The lowest BCUT2D eigenvalue weighted by Gasteiger charge is -1.99. The third kappa shape index (κ3) is 3.49. The zero-order chi connectivity index (χ0) is 7.94. The smallest absolute Gasteiger partial charge is 0.0220 e. The summed E-state index contributed by atoms with van der Waals surface area (Å²) in [6.45, 7) is 2.01. The zero-order valence-corrected chi connectivity index (χ0v) is 7.40. The van der Waals surface area contributed by atoms with Crippen LogP contribution < -0.4 is 5.32 Å². The highest BCUT2D eigenvalue weighted by atomic mass is 32.1. The Bertz CT molecular complexity index is 172. The maximum atomic E-state index is 4.12. The van der Waals surface area contributed by atoms with Crippen LogP contribution in [-0.4, -0.2) is 17.3 Å². The van der Waals surface area contributed by atoms with E-state index >= 15 is 0 Å². The lowest BCUT2D eigenvalue weighted by Crippen LogP contribution is -2.14. The Labute approximate surface area is 72.8 Å². The number of hydrogen-bond acceptors (Lipinski definition) is 2. The first kappa shape index (κ1) is 8.68. The van der Waals surface area contributed by atoms with Crippen molar-refractivity contribution >= 4 is 12.6 Å². The molecule has 0 unspecified atom stereocenters. The van der Waals surface area contributed by atoms with E-state index in [9.17, 15) is 0 Å². The van der Waals surface area contributed by atoms with Crippen LogP contribution in [0, 0.1) is 0 Å². The van der Waals surface area contributed by atoms with Crippen LogP contribution in [0.4, 0.5) is 0 Å². The minimum atomic E-state index is 0.956. The summed E-state index contributed by atoms with van der Waals surface area (Å²) in [6.07, 6.45) is 5.08. The third-order valence-corrected chi connectivity index (χ3v) is 1.82. The molecular weight excluding hydrogens is 156 g/mol. The predicted molar refractivity (Wildman–Crippen MR) is 51.0 cm³/mol. The van der Waals surface area contributed by atoms with Crippen LogP contribution >= 0.6 is 12.6 Å². The van der Waals surface area contributed by atoms with Crippen LogP contribution in [0.25, 0.3) is 0 Å². The van der Waals surface area contributed by atoms with E-state index in [0.29, 0.717) is 0 Å². The van der Waals surface area contributed by atoms with Crippen LogP contribution in [0.2, 0.25) is 0 Å². The molecule has 0 aliphatic carbocycles. The molecule has 1 rings (SSSR count). The fraction of sp³-hybridized carbons (Fsp3) is 0.500. The van der Waals surface area contributed by atoms with E-state index in [1.165, 1.54) is 5.56 Å². The molecule has 0 atom stereocenters. The minimum absolute atomic E-state index is 0.956. The van der Waals surface area contributed by atoms with Gasteiger partial charge in [0, 0.05) is 18.9 Å². The number of aromatic amines is 1. The summed E-state index contributed by atoms with van der Waals surface area (Å²) in [5.74, 6) is 0.958. The Morgan fingerprint density at radius 2 is 2.45 bits per heavy atom. The molecule has 2 N–H and O–H groups in total. The van der Waals surface area contributed by atoms with Gasteiger partial charge in [-0.3, -0.25) is 0 Å². The molecule has 0 saturated heterocycles. The first-order valence-corrected chi connectivity index (χ1v) is 4.50. The number of H-pyrrole nitrogens is 1. The number of aromatic nitrogens is 1. The Hall–Kier alpha value is -0.410. The van der Waals surface area contributed by atoms with Gasteiger partial charge >= 0.3 is 0 Å². The molecule has 1 heterocycles. The highest BCUT2D eigenvalue weighted by Gasteiger charge is 1.89. The maximum Gasteiger partial charge on any atom is 0.0220 e. The van der Waals surface area contributed by atoms with Gasteiger partial charge in [-0.05, 0) is 30.3 Å². The number of rotatable bonds is 5. The molecule has 0 bridgehead atoms. The summed E-state index contributed by atoms with van der Waals surface area (Å²) in [4.78, 5) is 3.02. The van der Waals surface area contributed by atoms with Crippen molar-refractivity contribution in [2.75, 3.05) is 12.3 Å². The molecule has 0 aliphatic heterocycles. The van der Waals surface area contributed by atoms with Gasteiger partial charge in [0.2, 0.25) is 0 Å². The van der Waals surface area contributed by atoms with E-state index in [1.807, 2.05) is 12.4 Å². The first-order valence-electron chi connectivity index (χ1n) is 3.86. The maximum absolute atomic E-state index is 4.12. The molecule has 0 amide bonds. The molecule has 0 fully saturated rings. The van der Waals surface area contributed by atoms with Gasteiger partial charge in [-0.2, -0.15) is 12.6 Å². The van der Waals surface area contributed by atoms with Crippen LogP contribution in [0.5, 0.6) is 0 Å². The zero-order valence-electron chi connectivity index (χ0n) is 6.51.